The number of benzene rings is 2. The maximum atomic E-state index is 13.9. The monoisotopic (exact) mass is 420 g/mol. The lowest BCUT2D eigenvalue weighted by Crippen LogP contribution is -2.13. The molecule has 0 nitrogen and oxygen atoms in total. The first-order chi connectivity index (χ1) is 13.8. The van der Waals surface area contributed by atoms with Gasteiger partial charge in [-0.2, -0.15) is 13.2 Å². The van der Waals surface area contributed by atoms with Crippen LogP contribution in [-0.4, -0.2) is 0 Å². The Kier molecular flexibility index (Phi) is 5.69. The van der Waals surface area contributed by atoms with Gasteiger partial charge in [0, 0.05) is 9.58 Å². The summed E-state index contributed by atoms with van der Waals surface area (Å²) in [5, 5.41) is 1.29. The summed E-state index contributed by atoms with van der Waals surface area (Å²) < 4.78 is 53.6. The van der Waals surface area contributed by atoms with E-state index < -0.39 is 17.6 Å². The summed E-state index contributed by atoms with van der Waals surface area (Å²) in [6.45, 7) is 2.19. The van der Waals surface area contributed by atoms with Crippen molar-refractivity contribution in [2.24, 2.45) is 0 Å². The molecule has 0 aliphatic heterocycles. The Morgan fingerprint density at radius 2 is 1.66 bits per heavy atom. The quantitative estimate of drug-likeness (QED) is 0.371. The molecule has 29 heavy (non-hydrogen) atoms. The van der Waals surface area contributed by atoms with E-state index in [2.05, 4.69) is 31.2 Å². The molecule has 1 heterocycles. The molecule has 154 valence electrons. The molecule has 0 saturated heterocycles. The Morgan fingerprint density at radius 1 is 0.931 bits per heavy atom. The minimum absolute atomic E-state index is 0.133. The van der Waals surface area contributed by atoms with E-state index in [1.54, 1.807) is 0 Å². The van der Waals surface area contributed by atoms with Crippen molar-refractivity contribution in [2.45, 2.75) is 63.5 Å². The lowest BCUT2D eigenvalue weighted by Gasteiger charge is -2.28. The molecule has 1 saturated carbocycles. The fraction of sp³-hybridized carbons (Fsp3) is 0.417. The van der Waals surface area contributed by atoms with Crippen LogP contribution in [0.1, 0.15) is 72.4 Å². The maximum Gasteiger partial charge on any atom is 0.419 e. The Morgan fingerprint density at radius 3 is 2.31 bits per heavy atom. The fourth-order valence-electron chi connectivity index (χ4n) is 4.47. The molecule has 0 unspecified atom stereocenters. The normalized spacial score (nSPS) is 20.3. The third-order valence-corrected chi connectivity index (χ3v) is 7.30. The minimum Gasteiger partial charge on any atom is -0.206 e. The number of rotatable bonds is 4. The van der Waals surface area contributed by atoms with Gasteiger partial charge in [0.15, 0.2) is 0 Å². The van der Waals surface area contributed by atoms with Crippen molar-refractivity contribution in [3.63, 3.8) is 0 Å². The van der Waals surface area contributed by atoms with Crippen LogP contribution in [0, 0.1) is 5.82 Å². The zero-order valence-electron chi connectivity index (χ0n) is 16.4. The van der Waals surface area contributed by atoms with E-state index in [0.29, 0.717) is 11.5 Å². The highest BCUT2D eigenvalue weighted by atomic mass is 32.1. The van der Waals surface area contributed by atoms with Gasteiger partial charge in [-0.3, -0.25) is 0 Å². The SMILES string of the molecule is CCCc1ccc2cc(C3CCC(c4ccc(C(F)(F)F)c(F)c4)CC3)sc2c1. The van der Waals surface area contributed by atoms with Crippen molar-refractivity contribution >= 4 is 21.4 Å². The predicted octanol–water partition coefficient (Wildman–Crippen LogP) is 8.45. The molecule has 0 radical (unpaired) electrons. The van der Waals surface area contributed by atoms with Crippen LogP contribution >= 0.6 is 11.3 Å². The van der Waals surface area contributed by atoms with Crippen LogP contribution in [-0.2, 0) is 12.6 Å². The van der Waals surface area contributed by atoms with E-state index in [4.69, 9.17) is 0 Å². The van der Waals surface area contributed by atoms with Crippen molar-refractivity contribution in [1.29, 1.82) is 0 Å². The van der Waals surface area contributed by atoms with Gasteiger partial charge in [0.05, 0.1) is 5.56 Å². The smallest absolute Gasteiger partial charge is 0.206 e. The summed E-state index contributed by atoms with van der Waals surface area (Å²) in [5.41, 5.74) is 0.888. The highest BCUT2D eigenvalue weighted by molar-refractivity contribution is 7.19. The summed E-state index contributed by atoms with van der Waals surface area (Å²) in [5.74, 6) is -0.546. The van der Waals surface area contributed by atoms with Crippen molar-refractivity contribution in [2.75, 3.05) is 0 Å². The number of hydrogen-bond acceptors (Lipinski definition) is 1. The van der Waals surface area contributed by atoms with Crippen LogP contribution in [0.4, 0.5) is 17.6 Å². The number of hydrogen-bond donors (Lipinski definition) is 0. The summed E-state index contributed by atoms with van der Waals surface area (Å²) in [4.78, 5) is 1.39. The molecule has 1 aliphatic rings. The van der Waals surface area contributed by atoms with Crippen LogP contribution < -0.4 is 0 Å². The molecular formula is C24H24F4S. The molecule has 3 aromatic rings. The fourth-order valence-corrected chi connectivity index (χ4v) is 5.77. The molecule has 0 spiro atoms. The van der Waals surface area contributed by atoms with E-state index in [9.17, 15) is 17.6 Å². The topological polar surface area (TPSA) is 0 Å². The third kappa shape index (κ3) is 4.35. The second-order valence-corrected chi connectivity index (χ2v) is 9.17. The summed E-state index contributed by atoms with van der Waals surface area (Å²) in [7, 11) is 0. The van der Waals surface area contributed by atoms with Gasteiger partial charge in [0.25, 0.3) is 0 Å². The number of aryl methyl sites for hydroxylation is 1. The van der Waals surface area contributed by atoms with Gasteiger partial charge in [0.1, 0.15) is 5.82 Å². The summed E-state index contributed by atoms with van der Waals surface area (Å²) >= 11 is 1.86. The highest BCUT2D eigenvalue weighted by Crippen LogP contribution is 2.44. The Bertz CT molecular complexity index is 994. The van der Waals surface area contributed by atoms with Gasteiger partial charge >= 0.3 is 6.18 Å². The Labute approximate surface area is 172 Å². The van der Waals surface area contributed by atoms with E-state index in [1.165, 1.54) is 26.6 Å². The predicted molar refractivity (Wildman–Crippen MR) is 111 cm³/mol. The highest BCUT2D eigenvalue weighted by Gasteiger charge is 2.34. The van der Waals surface area contributed by atoms with Crippen LogP contribution in [0.25, 0.3) is 10.1 Å². The molecule has 2 aromatic carbocycles. The first kappa shape index (κ1) is 20.4. The first-order valence-electron chi connectivity index (χ1n) is 10.2. The van der Waals surface area contributed by atoms with E-state index in [-0.39, 0.29) is 5.92 Å². The lowest BCUT2D eigenvalue weighted by atomic mass is 9.78. The largest absolute Gasteiger partial charge is 0.419 e. The van der Waals surface area contributed by atoms with Crippen molar-refractivity contribution < 1.29 is 17.6 Å². The average Bonchev–Trinajstić information content (AvgIpc) is 3.11. The summed E-state index contributed by atoms with van der Waals surface area (Å²) in [6.07, 6.45) is 1.33. The van der Waals surface area contributed by atoms with E-state index in [0.717, 1.165) is 50.7 Å². The zero-order chi connectivity index (χ0) is 20.6. The third-order valence-electron chi connectivity index (χ3n) is 6.04. The first-order valence-corrected chi connectivity index (χ1v) is 11.1. The molecule has 0 bridgehead atoms. The standard InChI is InChI=1S/C24H24F4S/c1-2-3-15-4-5-19-14-23(29-22(19)12-15)17-8-6-16(7-9-17)18-10-11-20(21(25)13-18)24(26,27)28/h4-5,10-14,16-17H,2-3,6-9H2,1H3. The van der Waals surface area contributed by atoms with Crippen LogP contribution in [0.2, 0.25) is 0 Å². The lowest BCUT2D eigenvalue weighted by molar-refractivity contribution is -0.140. The minimum atomic E-state index is -4.64. The van der Waals surface area contributed by atoms with Gasteiger partial charge in [-0.05, 0) is 84.7 Å². The van der Waals surface area contributed by atoms with Gasteiger partial charge in [-0.25, -0.2) is 4.39 Å². The number of thiophene rings is 1. The second kappa shape index (κ2) is 8.10. The molecule has 5 heteroatoms. The molecule has 4 rings (SSSR count). The summed E-state index contributed by atoms with van der Waals surface area (Å²) in [6, 6.07) is 12.4. The van der Waals surface area contributed by atoms with Crippen LogP contribution in [0.5, 0.6) is 0 Å². The molecule has 1 fully saturated rings. The van der Waals surface area contributed by atoms with Crippen LogP contribution in [0.15, 0.2) is 42.5 Å². The van der Waals surface area contributed by atoms with Gasteiger partial charge in [-0.15, -0.1) is 11.3 Å². The van der Waals surface area contributed by atoms with E-state index >= 15 is 0 Å². The van der Waals surface area contributed by atoms with Crippen molar-refractivity contribution in [1.82, 2.24) is 0 Å². The molecule has 0 atom stereocenters. The Hall–Kier alpha value is -1.88. The second-order valence-electron chi connectivity index (χ2n) is 8.06. The molecule has 0 amide bonds. The van der Waals surface area contributed by atoms with Crippen molar-refractivity contribution in [3.05, 3.63) is 69.8 Å². The van der Waals surface area contributed by atoms with Crippen molar-refractivity contribution in [3.8, 4) is 0 Å². The number of halogens is 4. The van der Waals surface area contributed by atoms with E-state index in [1.807, 2.05) is 11.3 Å². The molecule has 0 N–H and O–H groups in total. The van der Waals surface area contributed by atoms with Gasteiger partial charge in [-0.1, -0.05) is 31.5 Å². The zero-order valence-corrected chi connectivity index (χ0v) is 17.2. The van der Waals surface area contributed by atoms with Crippen LogP contribution in [0.3, 0.4) is 0 Å². The molecule has 1 aromatic heterocycles. The Balaban J connectivity index is 1.45. The van der Waals surface area contributed by atoms with Gasteiger partial charge in [0.2, 0.25) is 0 Å². The maximum absolute atomic E-state index is 13.9. The number of fused-ring (bicyclic) bond motifs is 1. The molecular weight excluding hydrogens is 396 g/mol. The van der Waals surface area contributed by atoms with Gasteiger partial charge < -0.3 is 0 Å². The number of alkyl halides is 3. The molecule has 1 aliphatic carbocycles. The average molecular weight is 421 g/mol.